The minimum absolute atomic E-state index is 0.499. The Bertz CT molecular complexity index is 252. The summed E-state index contributed by atoms with van der Waals surface area (Å²) in [5.41, 5.74) is 1.50. The first kappa shape index (κ1) is 9.75. The Labute approximate surface area is 78.8 Å². The van der Waals surface area contributed by atoms with Crippen LogP contribution in [0.5, 0.6) is 0 Å². The van der Waals surface area contributed by atoms with Crippen LogP contribution < -0.4 is 5.32 Å². The Morgan fingerprint density at radius 2 is 2.25 bits per heavy atom. The SMILES string of the molecule is CCc1cc(C)sc1C(C)NC. The third-order valence-electron chi connectivity index (χ3n) is 2.17. The van der Waals surface area contributed by atoms with Crippen molar-refractivity contribution < 1.29 is 0 Å². The van der Waals surface area contributed by atoms with Gasteiger partial charge in [-0.2, -0.15) is 0 Å². The molecule has 1 atom stereocenters. The minimum Gasteiger partial charge on any atom is -0.313 e. The Balaban J connectivity index is 2.96. The zero-order valence-corrected chi connectivity index (χ0v) is 9.09. The molecule has 0 radical (unpaired) electrons. The predicted molar refractivity (Wildman–Crippen MR) is 55.9 cm³/mol. The monoisotopic (exact) mass is 183 g/mol. The number of aryl methyl sites for hydroxylation is 2. The molecule has 1 rings (SSSR count). The number of nitrogens with one attached hydrogen (secondary N) is 1. The summed E-state index contributed by atoms with van der Waals surface area (Å²) in [6.07, 6.45) is 1.14. The summed E-state index contributed by atoms with van der Waals surface area (Å²) < 4.78 is 0. The molecule has 1 N–H and O–H groups in total. The molecule has 0 saturated heterocycles. The second kappa shape index (κ2) is 4.06. The van der Waals surface area contributed by atoms with Gasteiger partial charge in [-0.25, -0.2) is 0 Å². The van der Waals surface area contributed by atoms with Crippen molar-refractivity contribution in [2.24, 2.45) is 0 Å². The van der Waals surface area contributed by atoms with Crippen LogP contribution in [-0.4, -0.2) is 7.05 Å². The van der Waals surface area contributed by atoms with Gasteiger partial charge in [0.05, 0.1) is 0 Å². The van der Waals surface area contributed by atoms with Crippen molar-refractivity contribution >= 4 is 11.3 Å². The molecular weight excluding hydrogens is 166 g/mol. The van der Waals surface area contributed by atoms with E-state index in [9.17, 15) is 0 Å². The molecular formula is C10H17NS. The van der Waals surface area contributed by atoms with E-state index in [1.54, 1.807) is 0 Å². The molecule has 0 aliphatic rings. The average molecular weight is 183 g/mol. The molecule has 2 heteroatoms. The van der Waals surface area contributed by atoms with Gasteiger partial charge in [-0.15, -0.1) is 11.3 Å². The van der Waals surface area contributed by atoms with E-state index in [0.717, 1.165) is 6.42 Å². The van der Waals surface area contributed by atoms with Crippen LogP contribution in [0.15, 0.2) is 6.07 Å². The fraction of sp³-hybridized carbons (Fsp3) is 0.600. The average Bonchev–Trinajstić information content (AvgIpc) is 2.45. The Hall–Kier alpha value is -0.340. The summed E-state index contributed by atoms with van der Waals surface area (Å²) in [7, 11) is 2.01. The number of hydrogen-bond donors (Lipinski definition) is 1. The van der Waals surface area contributed by atoms with Crippen molar-refractivity contribution in [1.82, 2.24) is 5.32 Å². The van der Waals surface area contributed by atoms with E-state index >= 15 is 0 Å². The smallest absolute Gasteiger partial charge is 0.0386 e. The van der Waals surface area contributed by atoms with E-state index in [1.807, 2.05) is 18.4 Å². The third kappa shape index (κ3) is 1.87. The summed E-state index contributed by atoms with van der Waals surface area (Å²) in [4.78, 5) is 2.92. The van der Waals surface area contributed by atoms with Crippen molar-refractivity contribution in [2.75, 3.05) is 7.05 Å². The highest BCUT2D eigenvalue weighted by Gasteiger charge is 2.10. The van der Waals surface area contributed by atoms with Gasteiger partial charge in [-0.3, -0.25) is 0 Å². The maximum Gasteiger partial charge on any atom is 0.0386 e. The topological polar surface area (TPSA) is 12.0 Å². The lowest BCUT2D eigenvalue weighted by molar-refractivity contribution is 0.658. The van der Waals surface area contributed by atoms with E-state index in [0.29, 0.717) is 6.04 Å². The van der Waals surface area contributed by atoms with Crippen LogP contribution in [0.2, 0.25) is 0 Å². The minimum atomic E-state index is 0.499. The molecule has 0 aliphatic heterocycles. The van der Waals surface area contributed by atoms with Crippen molar-refractivity contribution in [2.45, 2.75) is 33.2 Å². The molecule has 0 aliphatic carbocycles. The van der Waals surface area contributed by atoms with E-state index in [1.165, 1.54) is 15.3 Å². The molecule has 0 bridgehead atoms. The van der Waals surface area contributed by atoms with Gasteiger partial charge < -0.3 is 5.32 Å². The van der Waals surface area contributed by atoms with Gasteiger partial charge in [0.2, 0.25) is 0 Å². The summed E-state index contributed by atoms with van der Waals surface area (Å²) in [5, 5.41) is 3.28. The quantitative estimate of drug-likeness (QED) is 0.760. The highest BCUT2D eigenvalue weighted by atomic mass is 32.1. The Kier molecular flexibility index (Phi) is 3.29. The van der Waals surface area contributed by atoms with Crippen LogP contribution in [0.4, 0.5) is 0 Å². The number of thiophene rings is 1. The first-order valence-electron chi connectivity index (χ1n) is 4.45. The highest BCUT2D eigenvalue weighted by Crippen LogP contribution is 2.27. The molecule has 1 nitrogen and oxygen atoms in total. The lowest BCUT2D eigenvalue weighted by Crippen LogP contribution is -2.12. The van der Waals surface area contributed by atoms with E-state index < -0.39 is 0 Å². The van der Waals surface area contributed by atoms with Gasteiger partial charge in [0.1, 0.15) is 0 Å². The summed E-state index contributed by atoms with van der Waals surface area (Å²) >= 11 is 1.91. The largest absolute Gasteiger partial charge is 0.313 e. The van der Waals surface area contributed by atoms with Crippen molar-refractivity contribution in [3.8, 4) is 0 Å². The Morgan fingerprint density at radius 3 is 2.75 bits per heavy atom. The van der Waals surface area contributed by atoms with Crippen LogP contribution in [0.25, 0.3) is 0 Å². The second-order valence-electron chi connectivity index (χ2n) is 3.11. The predicted octanol–water partition coefficient (Wildman–Crippen LogP) is 2.90. The van der Waals surface area contributed by atoms with Gasteiger partial charge in [0, 0.05) is 15.8 Å². The van der Waals surface area contributed by atoms with Gasteiger partial charge >= 0.3 is 0 Å². The van der Waals surface area contributed by atoms with Gasteiger partial charge in [-0.05, 0) is 38.9 Å². The molecule has 0 spiro atoms. The fourth-order valence-corrected chi connectivity index (χ4v) is 2.54. The summed E-state index contributed by atoms with van der Waals surface area (Å²) in [6.45, 7) is 6.60. The molecule has 0 amide bonds. The normalized spacial score (nSPS) is 13.3. The van der Waals surface area contributed by atoms with Crippen LogP contribution in [-0.2, 0) is 6.42 Å². The van der Waals surface area contributed by atoms with Gasteiger partial charge in [0.25, 0.3) is 0 Å². The maximum absolute atomic E-state index is 3.28. The maximum atomic E-state index is 3.28. The molecule has 1 heterocycles. The number of rotatable bonds is 3. The summed E-state index contributed by atoms with van der Waals surface area (Å²) in [6, 6.07) is 2.80. The molecule has 0 fully saturated rings. The molecule has 12 heavy (non-hydrogen) atoms. The summed E-state index contributed by atoms with van der Waals surface area (Å²) in [5.74, 6) is 0. The molecule has 1 unspecified atom stereocenters. The molecule has 0 aromatic carbocycles. The van der Waals surface area contributed by atoms with Crippen molar-refractivity contribution in [3.05, 3.63) is 21.4 Å². The zero-order valence-electron chi connectivity index (χ0n) is 8.27. The standard InChI is InChI=1S/C10H17NS/c1-5-9-6-7(2)12-10(9)8(3)11-4/h6,8,11H,5H2,1-4H3. The lowest BCUT2D eigenvalue weighted by Gasteiger charge is -2.09. The van der Waals surface area contributed by atoms with E-state index in [4.69, 9.17) is 0 Å². The molecule has 1 aromatic rings. The van der Waals surface area contributed by atoms with Crippen LogP contribution in [0, 0.1) is 6.92 Å². The van der Waals surface area contributed by atoms with Gasteiger partial charge in [0.15, 0.2) is 0 Å². The van der Waals surface area contributed by atoms with Crippen LogP contribution in [0.3, 0.4) is 0 Å². The second-order valence-corrected chi connectivity index (χ2v) is 4.40. The molecule has 0 saturated carbocycles. The number of hydrogen-bond acceptors (Lipinski definition) is 2. The first-order chi connectivity index (χ1) is 5.69. The molecule has 1 aromatic heterocycles. The van der Waals surface area contributed by atoms with E-state index in [2.05, 4.69) is 32.2 Å². The van der Waals surface area contributed by atoms with Crippen molar-refractivity contribution in [1.29, 1.82) is 0 Å². The van der Waals surface area contributed by atoms with Crippen LogP contribution in [0.1, 0.15) is 35.2 Å². The van der Waals surface area contributed by atoms with Crippen molar-refractivity contribution in [3.63, 3.8) is 0 Å². The highest BCUT2D eigenvalue weighted by molar-refractivity contribution is 7.12. The third-order valence-corrected chi connectivity index (χ3v) is 3.45. The Morgan fingerprint density at radius 1 is 1.58 bits per heavy atom. The lowest BCUT2D eigenvalue weighted by atomic mass is 10.1. The van der Waals surface area contributed by atoms with Crippen LogP contribution >= 0.6 is 11.3 Å². The van der Waals surface area contributed by atoms with Gasteiger partial charge in [-0.1, -0.05) is 6.92 Å². The van der Waals surface area contributed by atoms with E-state index in [-0.39, 0.29) is 0 Å². The fourth-order valence-electron chi connectivity index (χ4n) is 1.36. The zero-order chi connectivity index (χ0) is 9.14. The first-order valence-corrected chi connectivity index (χ1v) is 5.27. The molecule has 68 valence electrons.